The summed E-state index contributed by atoms with van der Waals surface area (Å²) in [5.74, 6) is -1.78. The average Bonchev–Trinajstić information content (AvgIpc) is 2.76. The van der Waals surface area contributed by atoms with Crippen LogP contribution in [0, 0.1) is 0 Å². The Labute approximate surface area is 123 Å². The van der Waals surface area contributed by atoms with Gasteiger partial charge in [0.1, 0.15) is 16.6 Å². The zero-order valence-electron chi connectivity index (χ0n) is 11.9. The molecule has 4 N–H and O–H groups in total. The van der Waals surface area contributed by atoms with Gasteiger partial charge in [-0.2, -0.15) is 0 Å². The SMILES string of the molecule is CCCC[C@H](NC(=O)c1cc(S(N)(=O)=O)cn1C)C(=O)O. The number of carbonyl (C=O) groups is 2. The van der Waals surface area contributed by atoms with Gasteiger partial charge in [-0.3, -0.25) is 4.79 Å². The first-order chi connectivity index (χ1) is 9.66. The molecule has 0 aliphatic carbocycles. The van der Waals surface area contributed by atoms with Gasteiger partial charge >= 0.3 is 5.97 Å². The van der Waals surface area contributed by atoms with E-state index in [1.807, 2.05) is 6.92 Å². The van der Waals surface area contributed by atoms with E-state index in [2.05, 4.69) is 5.32 Å². The first-order valence-corrected chi connectivity index (χ1v) is 7.94. The normalized spacial score (nSPS) is 12.9. The summed E-state index contributed by atoms with van der Waals surface area (Å²) in [6, 6.07) is 0.105. The Kier molecular flexibility index (Phi) is 5.50. The fourth-order valence-corrected chi connectivity index (χ4v) is 2.39. The number of aromatic nitrogens is 1. The molecule has 1 aromatic heterocycles. The fourth-order valence-electron chi connectivity index (χ4n) is 1.81. The molecule has 0 saturated carbocycles. The van der Waals surface area contributed by atoms with E-state index in [0.29, 0.717) is 12.8 Å². The van der Waals surface area contributed by atoms with Crippen LogP contribution in [-0.4, -0.2) is 36.0 Å². The number of hydrogen-bond donors (Lipinski definition) is 3. The predicted molar refractivity (Wildman–Crippen MR) is 75.2 cm³/mol. The summed E-state index contributed by atoms with van der Waals surface area (Å²) in [6.07, 6.45) is 2.97. The van der Waals surface area contributed by atoms with Crippen LogP contribution < -0.4 is 10.5 Å². The Balaban J connectivity index is 2.93. The molecular weight excluding hydrogens is 298 g/mol. The largest absolute Gasteiger partial charge is 0.480 e. The molecule has 1 amide bonds. The van der Waals surface area contributed by atoms with Gasteiger partial charge in [0, 0.05) is 13.2 Å². The summed E-state index contributed by atoms with van der Waals surface area (Å²) in [6.45, 7) is 1.91. The van der Waals surface area contributed by atoms with E-state index in [9.17, 15) is 18.0 Å². The van der Waals surface area contributed by atoms with Crippen LogP contribution in [0.4, 0.5) is 0 Å². The van der Waals surface area contributed by atoms with Crippen molar-refractivity contribution < 1.29 is 23.1 Å². The van der Waals surface area contributed by atoms with Crippen LogP contribution in [0.5, 0.6) is 0 Å². The molecule has 0 aromatic carbocycles. The lowest BCUT2D eigenvalue weighted by Crippen LogP contribution is -2.41. The molecule has 1 rings (SSSR count). The molecule has 0 saturated heterocycles. The number of carbonyl (C=O) groups excluding carboxylic acids is 1. The maximum Gasteiger partial charge on any atom is 0.326 e. The zero-order valence-corrected chi connectivity index (χ0v) is 12.7. The standard InChI is InChI=1S/C12H19N3O5S/c1-3-4-5-9(12(17)18)14-11(16)10-6-8(7-15(10)2)21(13,19)20/h6-7,9H,3-5H2,1-2H3,(H,14,16)(H,17,18)(H2,13,19,20)/t9-/m0/s1. The number of amides is 1. The maximum atomic E-state index is 12.1. The van der Waals surface area contributed by atoms with Crippen molar-refractivity contribution in [3.05, 3.63) is 18.0 Å². The van der Waals surface area contributed by atoms with Gasteiger partial charge in [0.15, 0.2) is 0 Å². The van der Waals surface area contributed by atoms with Gasteiger partial charge < -0.3 is 15.0 Å². The Morgan fingerprint density at radius 1 is 1.48 bits per heavy atom. The molecule has 0 radical (unpaired) electrons. The molecule has 8 nitrogen and oxygen atoms in total. The third kappa shape index (κ3) is 4.57. The van der Waals surface area contributed by atoms with E-state index in [1.165, 1.54) is 17.8 Å². The van der Waals surface area contributed by atoms with Crippen LogP contribution in [0.25, 0.3) is 0 Å². The van der Waals surface area contributed by atoms with Crippen molar-refractivity contribution in [2.24, 2.45) is 12.2 Å². The smallest absolute Gasteiger partial charge is 0.326 e. The van der Waals surface area contributed by atoms with E-state index in [0.717, 1.165) is 12.5 Å². The van der Waals surface area contributed by atoms with Gasteiger partial charge in [-0.15, -0.1) is 0 Å². The Hall–Kier alpha value is -1.87. The Bertz CT molecular complexity index is 635. The fraction of sp³-hybridized carbons (Fsp3) is 0.500. The molecule has 0 aliphatic rings. The van der Waals surface area contributed by atoms with E-state index >= 15 is 0 Å². The minimum atomic E-state index is -3.91. The van der Waals surface area contributed by atoms with Crippen LogP contribution in [0.3, 0.4) is 0 Å². The van der Waals surface area contributed by atoms with Gasteiger partial charge in [0.25, 0.3) is 5.91 Å². The van der Waals surface area contributed by atoms with Crippen molar-refractivity contribution in [1.82, 2.24) is 9.88 Å². The van der Waals surface area contributed by atoms with Gasteiger partial charge in [-0.25, -0.2) is 18.4 Å². The molecule has 1 atom stereocenters. The molecule has 9 heteroatoms. The van der Waals surface area contributed by atoms with Gasteiger partial charge in [0.05, 0.1) is 0 Å². The van der Waals surface area contributed by atoms with E-state index in [4.69, 9.17) is 10.2 Å². The second-order valence-corrected chi connectivity index (χ2v) is 6.28. The van der Waals surface area contributed by atoms with Crippen molar-refractivity contribution in [3.8, 4) is 0 Å². The van der Waals surface area contributed by atoms with Crippen molar-refractivity contribution in [1.29, 1.82) is 0 Å². The van der Waals surface area contributed by atoms with Crippen LogP contribution in [0.2, 0.25) is 0 Å². The lowest BCUT2D eigenvalue weighted by atomic mass is 10.1. The second kappa shape index (κ2) is 6.72. The molecular formula is C12H19N3O5S. The number of sulfonamides is 1. The monoisotopic (exact) mass is 317 g/mol. The first kappa shape index (κ1) is 17.2. The van der Waals surface area contributed by atoms with Crippen molar-refractivity contribution >= 4 is 21.9 Å². The number of unbranched alkanes of at least 4 members (excludes halogenated alkanes) is 1. The lowest BCUT2D eigenvalue weighted by Gasteiger charge is -2.14. The number of nitrogens with one attached hydrogen (secondary N) is 1. The molecule has 21 heavy (non-hydrogen) atoms. The molecule has 118 valence electrons. The van der Waals surface area contributed by atoms with Gasteiger partial charge in [-0.1, -0.05) is 19.8 Å². The van der Waals surface area contributed by atoms with Crippen molar-refractivity contribution in [2.75, 3.05) is 0 Å². The summed E-state index contributed by atoms with van der Waals surface area (Å²) < 4.78 is 23.7. The summed E-state index contributed by atoms with van der Waals surface area (Å²) in [4.78, 5) is 22.9. The average molecular weight is 317 g/mol. The minimum Gasteiger partial charge on any atom is -0.480 e. The highest BCUT2D eigenvalue weighted by Gasteiger charge is 2.23. The number of aliphatic carboxylic acids is 1. The highest BCUT2D eigenvalue weighted by molar-refractivity contribution is 7.89. The minimum absolute atomic E-state index is 0.0294. The molecule has 1 heterocycles. The molecule has 0 fully saturated rings. The van der Waals surface area contributed by atoms with E-state index in [-0.39, 0.29) is 10.6 Å². The number of rotatable bonds is 7. The molecule has 0 aliphatic heterocycles. The third-order valence-electron chi connectivity index (χ3n) is 2.99. The number of nitrogens with zero attached hydrogens (tertiary/aromatic N) is 1. The Morgan fingerprint density at radius 3 is 2.52 bits per heavy atom. The number of primary sulfonamides is 1. The van der Waals surface area contributed by atoms with Gasteiger partial charge in [0.2, 0.25) is 10.0 Å². The number of carboxylic acids is 1. The maximum absolute atomic E-state index is 12.1. The number of hydrogen-bond acceptors (Lipinski definition) is 4. The lowest BCUT2D eigenvalue weighted by molar-refractivity contribution is -0.139. The molecule has 0 unspecified atom stereocenters. The van der Waals surface area contributed by atoms with Crippen molar-refractivity contribution in [2.45, 2.75) is 37.1 Å². The highest BCUT2D eigenvalue weighted by Crippen LogP contribution is 2.12. The van der Waals surface area contributed by atoms with Crippen molar-refractivity contribution in [3.63, 3.8) is 0 Å². The molecule has 0 bridgehead atoms. The second-order valence-electron chi connectivity index (χ2n) is 4.72. The van der Waals surface area contributed by atoms with E-state index < -0.39 is 27.9 Å². The topological polar surface area (TPSA) is 131 Å². The number of aryl methyl sites for hydroxylation is 1. The molecule has 0 spiro atoms. The summed E-state index contributed by atoms with van der Waals surface area (Å²) in [5.41, 5.74) is 0.0294. The predicted octanol–water partition coefficient (Wildman–Crippen LogP) is 0.0457. The Morgan fingerprint density at radius 2 is 2.10 bits per heavy atom. The number of carboxylic acid groups (broad SMARTS) is 1. The van der Waals surface area contributed by atoms with Crippen LogP contribution >= 0.6 is 0 Å². The number of nitrogens with two attached hydrogens (primary N) is 1. The summed E-state index contributed by atoms with van der Waals surface area (Å²) >= 11 is 0. The van der Waals surface area contributed by atoms with Crippen LogP contribution in [0.1, 0.15) is 36.7 Å². The summed E-state index contributed by atoms with van der Waals surface area (Å²) in [7, 11) is -2.44. The third-order valence-corrected chi connectivity index (χ3v) is 3.87. The van der Waals surface area contributed by atoms with Crippen LogP contribution in [-0.2, 0) is 21.9 Å². The summed E-state index contributed by atoms with van der Waals surface area (Å²) in [5, 5.41) is 16.4. The molecule has 1 aromatic rings. The van der Waals surface area contributed by atoms with Crippen LogP contribution in [0.15, 0.2) is 17.2 Å². The van der Waals surface area contributed by atoms with Gasteiger partial charge in [-0.05, 0) is 12.5 Å². The first-order valence-electron chi connectivity index (χ1n) is 6.39. The quantitative estimate of drug-likeness (QED) is 0.653. The zero-order chi connectivity index (χ0) is 16.2. The van der Waals surface area contributed by atoms with E-state index in [1.54, 1.807) is 0 Å². The highest BCUT2D eigenvalue weighted by atomic mass is 32.2.